The van der Waals surface area contributed by atoms with E-state index >= 15 is 0 Å². The Kier molecular flexibility index (Phi) is 13.2. The number of Topliss-reactive ketones (excluding diaryl/α,β-unsaturated/α-hetero) is 2. The first-order valence-corrected chi connectivity index (χ1v) is 7.81. The summed E-state index contributed by atoms with van der Waals surface area (Å²) in [5.41, 5.74) is 0.365. The molecule has 0 spiro atoms. The molecule has 0 amide bonds. The van der Waals surface area contributed by atoms with Crippen molar-refractivity contribution < 1.29 is 58.8 Å². The van der Waals surface area contributed by atoms with Crippen LogP contribution in [0.25, 0.3) is 0 Å². The first kappa shape index (κ1) is 27.4. The molecule has 0 N–H and O–H groups in total. The molecule has 0 aliphatic rings. The number of carbonyl (C=O) groups is 2. The van der Waals surface area contributed by atoms with Gasteiger partial charge < -0.3 is 24.8 Å². The Balaban J connectivity index is 0. The van der Waals surface area contributed by atoms with Crippen LogP contribution in [0.15, 0.2) is 46.9 Å². The summed E-state index contributed by atoms with van der Waals surface area (Å²) in [4.78, 5) is 34.3. The number of hydrogen-bond donors (Lipinski definition) is 0. The molecule has 10 heteroatoms. The Bertz CT molecular complexity index is 788. The average Bonchev–Trinajstić information content (AvgIpc) is 2.53. The molecule has 0 atom stereocenters. The van der Waals surface area contributed by atoms with Crippen molar-refractivity contribution in [2.75, 3.05) is 0 Å². The smallest absolute Gasteiger partial charge is 1.00 e. The van der Waals surface area contributed by atoms with Crippen molar-refractivity contribution >= 4 is 44.8 Å². The molecule has 0 saturated heterocycles. The van der Waals surface area contributed by atoms with Crippen LogP contribution in [-0.2, 0) is 19.5 Å². The van der Waals surface area contributed by atoms with Gasteiger partial charge in [0.1, 0.15) is 5.02 Å². The van der Waals surface area contributed by atoms with Gasteiger partial charge in [0.05, 0.1) is 4.92 Å². The Labute approximate surface area is 188 Å². The molecule has 2 aromatic rings. The zero-order valence-corrected chi connectivity index (χ0v) is 20.1. The van der Waals surface area contributed by atoms with E-state index in [1.165, 1.54) is 12.1 Å². The molecule has 0 saturated carbocycles. The van der Waals surface area contributed by atoms with Crippen LogP contribution in [0, 0.1) is 10.1 Å². The zero-order valence-electron chi connectivity index (χ0n) is 13.3. The second-order valence-electron chi connectivity index (χ2n) is 4.78. The van der Waals surface area contributed by atoms with E-state index in [-0.39, 0.29) is 85.0 Å². The minimum absolute atomic E-state index is 0. The number of hydrogen-bond acceptors (Lipinski definition) is 4. The summed E-state index contributed by atoms with van der Waals surface area (Å²) in [7, 11) is 0. The monoisotopic (exact) mass is 529 g/mol. The van der Waals surface area contributed by atoms with E-state index in [2.05, 4.69) is 15.9 Å². The third-order valence-electron chi connectivity index (χ3n) is 3.21. The number of halogens is 4. The van der Waals surface area contributed by atoms with E-state index in [4.69, 9.17) is 11.6 Å². The number of nitro groups is 1. The molecule has 2 rings (SSSR count). The van der Waals surface area contributed by atoms with Crippen LogP contribution in [-0.4, -0.2) is 16.5 Å². The maximum absolute atomic E-state index is 12.1. The Morgan fingerprint density at radius 3 is 1.92 bits per heavy atom. The topological polar surface area (TPSA) is 77.3 Å². The second-order valence-corrected chi connectivity index (χ2v) is 6.10. The summed E-state index contributed by atoms with van der Waals surface area (Å²) in [6, 6.07) is 10.7. The van der Waals surface area contributed by atoms with Gasteiger partial charge >= 0.3 is 19.5 Å². The molecule has 0 aromatic heterocycles. The predicted molar refractivity (Wildman–Crippen MR) is 90.1 cm³/mol. The molecule has 0 aliphatic heterocycles. The number of rotatable bonds is 6. The van der Waals surface area contributed by atoms with Crippen LogP contribution in [0.1, 0.15) is 33.6 Å². The van der Waals surface area contributed by atoms with Crippen molar-refractivity contribution in [3.63, 3.8) is 0 Å². The third kappa shape index (κ3) is 7.41. The van der Waals surface area contributed by atoms with E-state index in [1.807, 2.05) is 0 Å². The van der Waals surface area contributed by atoms with Crippen LogP contribution >= 0.6 is 27.5 Å². The third-order valence-corrected chi connectivity index (χ3v) is 4.06. The van der Waals surface area contributed by atoms with Gasteiger partial charge in [-0.2, -0.15) is 0 Å². The zero-order chi connectivity index (χ0) is 17.0. The van der Waals surface area contributed by atoms with E-state index in [0.29, 0.717) is 5.56 Å². The van der Waals surface area contributed by atoms with E-state index in [0.717, 1.165) is 10.5 Å². The van der Waals surface area contributed by atoms with Crippen molar-refractivity contribution in [2.45, 2.75) is 12.8 Å². The summed E-state index contributed by atoms with van der Waals surface area (Å²) < 4.78 is 0.860. The van der Waals surface area contributed by atoms with Crippen molar-refractivity contribution in [3.05, 3.63) is 73.2 Å². The fourth-order valence-corrected chi connectivity index (χ4v) is 2.43. The van der Waals surface area contributed by atoms with Crippen LogP contribution in [0.4, 0.5) is 5.69 Å². The van der Waals surface area contributed by atoms with Crippen LogP contribution in [0.2, 0.25) is 5.02 Å². The van der Waals surface area contributed by atoms with Crippen molar-refractivity contribution in [1.82, 2.24) is 0 Å². The maximum atomic E-state index is 12.1. The van der Waals surface area contributed by atoms with Crippen molar-refractivity contribution in [3.8, 4) is 0 Å². The van der Waals surface area contributed by atoms with Gasteiger partial charge in [0.15, 0.2) is 11.6 Å². The van der Waals surface area contributed by atoms with Crippen molar-refractivity contribution in [1.29, 1.82) is 0 Å². The van der Waals surface area contributed by atoms with Gasteiger partial charge in [0.25, 0.3) is 5.69 Å². The van der Waals surface area contributed by atoms with Crippen molar-refractivity contribution in [2.24, 2.45) is 0 Å². The largest absolute Gasteiger partial charge is 2.00 e. The number of benzene rings is 2. The number of carbonyl (C=O) groups excluding carboxylic acids is 2. The minimum Gasteiger partial charge on any atom is -1.00 e. The molecule has 0 radical (unpaired) electrons. The second kappa shape index (κ2) is 12.5. The first-order chi connectivity index (χ1) is 10.9. The average molecular weight is 533 g/mol. The van der Waals surface area contributed by atoms with Gasteiger partial charge in [-0.15, -0.1) is 0 Å². The van der Waals surface area contributed by atoms with Gasteiger partial charge in [0, 0.05) is 34.5 Å². The Morgan fingerprint density at radius 2 is 1.42 bits per heavy atom. The molecule has 0 bridgehead atoms. The molecule has 0 aliphatic carbocycles. The summed E-state index contributed by atoms with van der Waals surface area (Å²) >= 11 is 8.99. The summed E-state index contributed by atoms with van der Waals surface area (Å²) in [5, 5.41) is 10.8. The van der Waals surface area contributed by atoms with Gasteiger partial charge in [-0.1, -0.05) is 39.7 Å². The minimum atomic E-state index is -0.647. The molecule has 0 unspecified atom stereocenters. The Morgan fingerprint density at radius 1 is 0.962 bits per heavy atom. The molecule has 0 fully saturated rings. The van der Waals surface area contributed by atoms with Crippen LogP contribution < -0.4 is 24.8 Å². The van der Waals surface area contributed by atoms with E-state index < -0.39 is 4.92 Å². The molecular formula is C16H11BrCl3NO4Zn. The Hall–Kier alpha value is -0.847. The molecular weight excluding hydrogens is 522 g/mol. The predicted octanol–water partition coefficient (Wildman–Crippen LogP) is -1.14. The SMILES string of the molecule is O=C(CCC(=O)c1ccc(Cl)c([N+](=O)[O-])c1)c1ccc(Br)cc1.[Cl-].[Cl-].[Zn+2]. The quantitative estimate of drug-likeness (QED) is 0.204. The maximum Gasteiger partial charge on any atom is 2.00 e. The van der Waals surface area contributed by atoms with Gasteiger partial charge in [0.2, 0.25) is 0 Å². The normalized spacial score (nSPS) is 9.15. The molecule has 2 aromatic carbocycles. The summed E-state index contributed by atoms with van der Waals surface area (Å²) in [6.45, 7) is 0. The summed E-state index contributed by atoms with van der Waals surface area (Å²) in [5.74, 6) is -0.496. The molecule has 26 heavy (non-hydrogen) atoms. The number of ketones is 2. The van der Waals surface area contributed by atoms with Crippen LogP contribution in [0.5, 0.6) is 0 Å². The van der Waals surface area contributed by atoms with E-state index in [9.17, 15) is 19.7 Å². The fraction of sp³-hybridized carbons (Fsp3) is 0.125. The van der Waals surface area contributed by atoms with Crippen LogP contribution in [0.3, 0.4) is 0 Å². The molecule has 134 valence electrons. The van der Waals surface area contributed by atoms with Gasteiger partial charge in [-0.25, -0.2) is 0 Å². The first-order valence-electron chi connectivity index (χ1n) is 6.64. The fourth-order valence-electron chi connectivity index (χ4n) is 1.98. The van der Waals surface area contributed by atoms with E-state index in [1.54, 1.807) is 24.3 Å². The standard InChI is InChI=1S/C16H11BrClNO4.2ClH.Zn/c17-12-4-1-10(2-5-12)15(20)7-8-16(21)11-3-6-13(18)14(9-11)19(22)23;;;/h1-6,9H,7-8H2;2*1H;/q;;;+2/p-2. The molecule has 5 nitrogen and oxygen atoms in total. The van der Waals surface area contributed by atoms with Gasteiger partial charge in [-0.3, -0.25) is 19.7 Å². The molecule has 0 heterocycles. The number of nitrogens with zero attached hydrogens (tertiary/aromatic N) is 1. The number of nitro benzene ring substituents is 1. The van der Waals surface area contributed by atoms with Gasteiger partial charge in [-0.05, 0) is 24.3 Å². The summed E-state index contributed by atoms with van der Waals surface area (Å²) in [6.07, 6.45) is 0.0184.